The number of nitrogens with zero attached hydrogens (tertiary/aromatic N) is 10. The van der Waals surface area contributed by atoms with Crippen LogP contribution in [-0.4, -0.2) is 52.8 Å². The third-order valence-electron chi connectivity index (χ3n) is 23.7. The first-order valence-corrected chi connectivity index (χ1v) is 40.8. The van der Waals surface area contributed by atoms with Gasteiger partial charge in [0, 0.05) is 86.8 Å². The first-order chi connectivity index (χ1) is 53.9. The van der Waals surface area contributed by atoms with Gasteiger partial charge in [0.2, 0.25) is 0 Å². The molecular formula is C105H116N10Pt2. The van der Waals surface area contributed by atoms with Crippen LogP contribution in [0.5, 0.6) is 0 Å². The van der Waals surface area contributed by atoms with Gasteiger partial charge in [0.1, 0.15) is 11.6 Å². The quantitative estimate of drug-likeness (QED) is 0.101. The second-order valence-electron chi connectivity index (χ2n) is 39.5. The summed E-state index contributed by atoms with van der Waals surface area (Å²) in [4.78, 5) is 14.5. The summed E-state index contributed by atoms with van der Waals surface area (Å²) < 4.78 is 8.79. The van der Waals surface area contributed by atoms with Crippen LogP contribution in [0.2, 0.25) is 0 Å². The number of benzene rings is 9. The van der Waals surface area contributed by atoms with Crippen LogP contribution in [0.25, 0.3) is 66.6 Å². The number of rotatable bonds is 14. The summed E-state index contributed by atoms with van der Waals surface area (Å²) in [7, 11) is 4.22. The molecule has 0 bridgehead atoms. The number of fused-ring (bicyclic) bond motifs is 6. The maximum absolute atomic E-state index is 5.24. The predicted octanol–water partition coefficient (Wildman–Crippen LogP) is 26.2. The standard InChI is InChI=1S/C53H55N5.C52H61N5.2Pt/c1-50(2,3)47-35-48(51(4,5)6)58(55-47)42-24-18-23-40(33-42)56(11)41-26-27-43-44-31-38(52(7,8)36-19-14-12-15-20-36)25-28-45(44)57(46(43)34-41)49-32-39(29-30-54-49)53(9,10)37-21-16-13-17-22-37;1-48(2,3)35-21-24-43-42(29-35)41-23-22-38(32-44(41)56(43)47-30-36(25-26-53-47)52(13,14)34-19-17-16-18-20-34)55(15)39-27-37(49(4,5)6)28-40(31-39)57-46(51(10,11)12)33-45(54-57)50(7,8)9;;/h12-32,35H,1-11H3;16-30,33H,1-15H3;;/q2*-2;2*+2. The van der Waals surface area contributed by atoms with Gasteiger partial charge in [-0.25, -0.2) is 9.97 Å². The molecule has 0 saturated carbocycles. The molecule has 0 aliphatic heterocycles. The molecule has 15 rings (SSSR count). The Morgan fingerprint density at radius 3 is 1.04 bits per heavy atom. The van der Waals surface area contributed by atoms with Crippen molar-refractivity contribution in [1.29, 1.82) is 0 Å². The normalized spacial score (nSPS) is 12.7. The Balaban J connectivity index is 0.000000212. The summed E-state index contributed by atoms with van der Waals surface area (Å²) in [6.07, 6.45) is 3.90. The molecule has 6 heterocycles. The second-order valence-corrected chi connectivity index (χ2v) is 39.5. The molecule has 0 aliphatic rings. The summed E-state index contributed by atoms with van der Waals surface area (Å²) in [6.45, 7) is 54.2. The summed E-state index contributed by atoms with van der Waals surface area (Å²) in [6, 6.07) is 94.4. The van der Waals surface area contributed by atoms with Crippen molar-refractivity contribution in [3.8, 4) is 23.0 Å². The average Bonchev–Trinajstić information content (AvgIpc) is 1.58. The van der Waals surface area contributed by atoms with Gasteiger partial charge < -0.3 is 18.9 Å². The molecule has 117 heavy (non-hydrogen) atoms. The fourth-order valence-electron chi connectivity index (χ4n) is 15.7. The Hall–Kier alpha value is -9.72. The van der Waals surface area contributed by atoms with E-state index < -0.39 is 0 Å². The minimum atomic E-state index is -0.227. The third-order valence-corrected chi connectivity index (χ3v) is 23.7. The third kappa shape index (κ3) is 17.1. The van der Waals surface area contributed by atoms with E-state index in [2.05, 4.69) is 451 Å². The summed E-state index contributed by atoms with van der Waals surface area (Å²) >= 11 is 0. The van der Waals surface area contributed by atoms with Crippen molar-refractivity contribution in [1.82, 2.24) is 38.7 Å². The fourth-order valence-corrected chi connectivity index (χ4v) is 15.7. The molecule has 0 fully saturated rings. The van der Waals surface area contributed by atoms with Crippen LogP contribution in [0.4, 0.5) is 22.7 Å². The minimum Gasteiger partial charge on any atom is -0.391 e. The van der Waals surface area contributed by atoms with E-state index in [4.69, 9.17) is 20.2 Å². The Kier molecular flexibility index (Phi) is 23.6. The molecule has 10 nitrogen and oxygen atoms in total. The molecule has 606 valence electrons. The Morgan fingerprint density at radius 1 is 0.274 bits per heavy atom. The smallest absolute Gasteiger partial charge is 0.391 e. The molecule has 0 spiro atoms. The molecule has 9 aromatic carbocycles. The van der Waals surface area contributed by atoms with Crippen molar-refractivity contribution in [2.45, 2.75) is 215 Å². The van der Waals surface area contributed by atoms with Crippen LogP contribution in [0, 0.1) is 24.3 Å². The van der Waals surface area contributed by atoms with Gasteiger partial charge in [-0.2, -0.15) is 28.4 Å². The molecule has 6 aromatic heterocycles. The van der Waals surface area contributed by atoms with Crippen LogP contribution in [0.3, 0.4) is 0 Å². The number of anilines is 4. The first-order valence-electron chi connectivity index (χ1n) is 40.8. The average molecular weight is 1910 g/mol. The van der Waals surface area contributed by atoms with E-state index in [9.17, 15) is 0 Å². The molecule has 0 atom stereocenters. The van der Waals surface area contributed by atoms with E-state index >= 15 is 0 Å². The van der Waals surface area contributed by atoms with Crippen molar-refractivity contribution in [2.75, 3.05) is 23.9 Å². The van der Waals surface area contributed by atoms with Crippen LogP contribution >= 0.6 is 0 Å². The van der Waals surface area contributed by atoms with Gasteiger partial charge >= 0.3 is 42.1 Å². The topological polar surface area (TPSA) is 77.8 Å². The van der Waals surface area contributed by atoms with Gasteiger partial charge in [-0.3, -0.25) is 9.36 Å². The maximum atomic E-state index is 5.24. The molecule has 0 unspecified atom stereocenters. The van der Waals surface area contributed by atoms with Crippen molar-refractivity contribution in [2.24, 2.45) is 0 Å². The molecule has 0 aliphatic carbocycles. The molecular weight excluding hydrogens is 1790 g/mol. The maximum Gasteiger partial charge on any atom is 2.00 e. The molecule has 0 N–H and O–H groups in total. The summed E-state index contributed by atoms with van der Waals surface area (Å²) in [5.74, 6) is 1.74. The van der Waals surface area contributed by atoms with E-state index in [0.29, 0.717) is 0 Å². The van der Waals surface area contributed by atoms with Crippen molar-refractivity contribution in [3.63, 3.8) is 0 Å². The molecule has 0 radical (unpaired) electrons. The van der Waals surface area contributed by atoms with Crippen molar-refractivity contribution in [3.05, 3.63) is 322 Å². The SMILES string of the molecule is CN(c1[c-]c(-n2nc(C(C)(C)C)cc2C(C)(C)C)ccc1)c1[c-]c2c(cc1)c1cc(C(C)(C)c3ccccc3)ccc1n2-c1cc(C(C)(C)c2ccccc2)ccn1.CN(c1[c-]c2c(cc1)c1cc(C(C)(C)C)ccc1n2-c1cc(C(C)(C)c2ccccc2)ccn1)c1[c-]c(-n2nc(C(C)(C)C)cc2C(C)(C)C)cc(C(C)(C)C)c1.[Pt+2].[Pt+2]. The second kappa shape index (κ2) is 31.9. The number of hydrogen-bond acceptors (Lipinski definition) is 6. The molecule has 15 aromatic rings. The Bertz CT molecular complexity index is 6100. The van der Waals surface area contributed by atoms with Crippen LogP contribution in [0.15, 0.2) is 231 Å². The summed E-state index contributed by atoms with van der Waals surface area (Å²) in [5, 5.41) is 15.0. The molecule has 0 amide bonds. The zero-order chi connectivity index (χ0) is 82.7. The van der Waals surface area contributed by atoms with E-state index in [1.807, 2.05) is 12.4 Å². The van der Waals surface area contributed by atoms with Gasteiger partial charge in [-0.05, 0) is 120 Å². The van der Waals surface area contributed by atoms with Gasteiger partial charge in [0.25, 0.3) is 0 Å². The van der Waals surface area contributed by atoms with Crippen LogP contribution in [0.1, 0.15) is 233 Å². The van der Waals surface area contributed by atoms with Gasteiger partial charge in [0.05, 0.1) is 11.4 Å². The van der Waals surface area contributed by atoms with Gasteiger partial charge in [-0.1, -0.05) is 315 Å². The predicted molar refractivity (Wildman–Crippen MR) is 484 cm³/mol. The first kappa shape index (κ1) is 86.6. The Labute approximate surface area is 725 Å². The zero-order valence-corrected chi connectivity index (χ0v) is 78.1. The summed E-state index contributed by atoms with van der Waals surface area (Å²) in [5.41, 5.74) is 23.1. The monoisotopic (exact) mass is 1910 g/mol. The van der Waals surface area contributed by atoms with E-state index in [0.717, 1.165) is 95.7 Å². The zero-order valence-electron chi connectivity index (χ0n) is 73.5. The fraction of sp³-hybridized carbons (Fsp3) is 0.333. The number of pyridine rings is 2. The van der Waals surface area contributed by atoms with Gasteiger partial charge in [-0.15, -0.1) is 77.0 Å². The van der Waals surface area contributed by atoms with Crippen molar-refractivity contribution < 1.29 is 42.1 Å². The van der Waals surface area contributed by atoms with Crippen LogP contribution in [-0.2, 0) is 90.9 Å². The number of hydrogen-bond donors (Lipinski definition) is 0. The van der Waals surface area contributed by atoms with E-state index in [-0.39, 0.29) is 90.9 Å². The molecule has 0 saturated heterocycles. The van der Waals surface area contributed by atoms with Crippen molar-refractivity contribution >= 4 is 66.4 Å². The van der Waals surface area contributed by atoms with E-state index in [1.165, 1.54) is 61.0 Å². The molecule has 12 heteroatoms. The largest absolute Gasteiger partial charge is 2.00 e. The van der Waals surface area contributed by atoms with E-state index in [1.54, 1.807) is 0 Å². The Morgan fingerprint density at radius 2 is 0.641 bits per heavy atom. The van der Waals surface area contributed by atoms with Crippen LogP contribution < -0.4 is 9.80 Å². The minimum absolute atomic E-state index is 0. The number of aromatic nitrogens is 8. The van der Waals surface area contributed by atoms with Gasteiger partial charge in [0.15, 0.2) is 0 Å².